The molecule has 5 heteroatoms. The number of ether oxygens (including phenoxy) is 1. The highest BCUT2D eigenvalue weighted by molar-refractivity contribution is 9.10. The fourth-order valence-corrected chi connectivity index (χ4v) is 4.29. The molecule has 0 aliphatic carbocycles. The fraction of sp³-hybridized carbons (Fsp3) is 0.458. The molecule has 1 N–H and O–H groups in total. The maximum atomic E-state index is 12.9. The lowest BCUT2D eigenvalue weighted by molar-refractivity contribution is -0.127. The van der Waals surface area contributed by atoms with Crippen LogP contribution in [0.2, 0.25) is 0 Å². The van der Waals surface area contributed by atoms with Gasteiger partial charge in [0.15, 0.2) is 0 Å². The van der Waals surface area contributed by atoms with Crippen molar-refractivity contribution in [2.24, 2.45) is 5.92 Å². The highest BCUT2D eigenvalue weighted by Crippen LogP contribution is 2.26. The van der Waals surface area contributed by atoms with Crippen molar-refractivity contribution in [3.8, 4) is 5.75 Å². The summed E-state index contributed by atoms with van der Waals surface area (Å²) in [4.78, 5) is 15.3. The summed E-state index contributed by atoms with van der Waals surface area (Å²) in [5, 5.41) is 3.28. The van der Waals surface area contributed by atoms with Gasteiger partial charge in [0.05, 0.1) is 13.2 Å². The number of halogens is 1. The molecule has 1 aliphatic rings. The van der Waals surface area contributed by atoms with E-state index in [1.807, 2.05) is 13.0 Å². The molecule has 0 bridgehead atoms. The molecule has 29 heavy (non-hydrogen) atoms. The van der Waals surface area contributed by atoms with Crippen molar-refractivity contribution in [2.75, 3.05) is 20.2 Å². The second-order valence-electron chi connectivity index (χ2n) is 7.88. The molecule has 4 nitrogen and oxygen atoms in total. The molecule has 0 unspecified atom stereocenters. The van der Waals surface area contributed by atoms with E-state index in [0.717, 1.165) is 60.2 Å². The van der Waals surface area contributed by atoms with Crippen molar-refractivity contribution in [3.05, 3.63) is 63.6 Å². The monoisotopic (exact) mass is 458 g/mol. The van der Waals surface area contributed by atoms with Gasteiger partial charge >= 0.3 is 0 Å². The van der Waals surface area contributed by atoms with Crippen molar-refractivity contribution in [2.45, 2.75) is 45.7 Å². The molecule has 1 atom stereocenters. The van der Waals surface area contributed by atoms with Crippen LogP contribution in [0, 0.1) is 12.8 Å². The van der Waals surface area contributed by atoms with E-state index in [1.165, 1.54) is 5.56 Å². The lowest BCUT2D eigenvalue weighted by atomic mass is 9.94. The first-order valence-electron chi connectivity index (χ1n) is 10.4. The van der Waals surface area contributed by atoms with Crippen molar-refractivity contribution >= 4 is 21.8 Å². The maximum absolute atomic E-state index is 12.9. The van der Waals surface area contributed by atoms with Crippen molar-refractivity contribution < 1.29 is 9.53 Å². The predicted octanol–water partition coefficient (Wildman–Crippen LogP) is 5.25. The van der Waals surface area contributed by atoms with Gasteiger partial charge in [0.1, 0.15) is 5.75 Å². The number of nitrogens with one attached hydrogen (secondary N) is 1. The summed E-state index contributed by atoms with van der Waals surface area (Å²) in [5.74, 6) is 1.17. The summed E-state index contributed by atoms with van der Waals surface area (Å²) in [7, 11) is 1.68. The Morgan fingerprint density at radius 1 is 1.21 bits per heavy atom. The van der Waals surface area contributed by atoms with E-state index < -0.39 is 0 Å². The molecule has 1 fully saturated rings. The van der Waals surface area contributed by atoms with Crippen LogP contribution in [-0.4, -0.2) is 31.0 Å². The van der Waals surface area contributed by atoms with Gasteiger partial charge in [-0.25, -0.2) is 0 Å². The summed E-state index contributed by atoms with van der Waals surface area (Å²) in [6, 6.07) is 14.7. The lowest BCUT2D eigenvalue weighted by Gasteiger charge is -2.32. The molecule has 0 spiro atoms. The van der Waals surface area contributed by atoms with Crippen LogP contribution in [0.15, 0.2) is 46.9 Å². The van der Waals surface area contributed by atoms with Crippen LogP contribution in [0.25, 0.3) is 0 Å². The third-order valence-electron chi connectivity index (χ3n) is 5.82. The summed E-state index contributed by atoms with van der Waals surface area (Å²) < 4.78 is 6.46. The van der Waals surface area contributed by atoms with Gasteiger partial charge in [0, 0.05) is 16.9 Å². The number of hydrogen-bond acceptors (Lipinski definition) is 3. The van der Waals surface area contributed by atoms with Gasteiger partial charge in [-0.2, -0.15) is 0 Å². The number of carbonyl (C=O) groups is 1. The van der Waals surface area contributed by atoms with E-state index in [2.05, 4.69) is 69.5 Å². The van der Waals surface area contributed by atoms with E-state index in [1.54, 1.807) is 7.11 Å². The third kappa shape index (κ3) is 5.83. The van der Waals surface area contributed by atoms with Crippen LogP contribution in [0.3, 0.4) is 0 Å². The van der Waals surface area contributed by atoms with Crippen LogP contribution in [0.1, 0.15) is 48.9 Å². The van der Waals surface area contributed by atoms with E-state index in [0.29, 0.717) is 0 Å². The quantitative estimate of drug-likeness (QED) is 0.615. The number of aryl methyl sites for hydroxylation is 1. The Kier molecular flexibility index (Phi) is 7.73. The number of rotatable bonds is 7. The van der Waals surface area contributed by atoms with Crippen molar-refractivity contribution in [3.63, 3.8) is 0 Å². The molecule has 1 aliphatic heterocycles. The molecule has 2 aromatic rings. The largest absolute Gasteiger partial charge is 0.496 e. The number of amides is 1. The zero-order chi connectivity index (χ0) is 20.8. The second kappa shape index (κ2) is 10.3. The Bertz CT molecular complexity index is 814. The highest BCUT2D eigenvalue weighted by Gasteiger charge is 2.26. The van der Waals surface area contributed by atoms with E-state index >= 15 is 0 Å². The van der Waals surface area contributed by atoms with Crippen LogP contribution in [0.4, 0.5) is 0 Å². The minimum Gasteiger partial charge on any atom is -0.496 e. The number of methoxy groups -OCH3 is 1. The number of nitrogens with zero attached hydrogens (tertiary/aromatic N) is 1. The molecule has 0 aromatic heterocycles. The predicted molar refractivity (Wildman–Crippen MR) is 121 cm³/mol. The third-order valence-corrected chi connectivity index (χ3v) is 6.35. The molecule has 0 saturated carbocycles. The number of likely N-dealkylation sites (tertiary alicyclic amines) is 1. The summed E-state index contributed by atoms with van der Waals surface area (Å²) in [6.07, 6.45) is 2.71. The summed E-state index contributed by atoms with van der Waals surface area (Å²) in [5.41, 5.74) is 3.56. The fourth-order valence-electron chi connectivity index (χ4n) is 4.03. The highest BCUT2D eigenvalue weighted by atomic mass is 79.9. The van der Waals surface area contributed by atoms with Crippen LogP contribution >= 0.6 is 15.9 Å². The van der Waals surface area contributed by atoms with Crippen molar-refractivity contribution in [1.29, 1.82) is 0 Å². The van der Waals surface area contributed by atoms with Crippen LogP contribution < -0.4 is 10.1 Å². The molecule has 156 valence electrons. The van der Waals surface area contributed by atoms with Gasteiger partial charge < -0.3 is 10.1 Å². The van der Waals surface area contributed by atoms with Gasteiger partial charge in [-0.3, -0.25) is 9.69 Å². The van der Waals surface area contributed by atoms with Crippen LogP contribution in [-0.2, 0) is 11.3 Å². The van der Waals surface area contributed by atoms with Gasteiger partial charge in [0.2, 0.25) is 5.91 Å². The average molecular weight is 459 g/mol. The first-order chi connectivity index (χ1) is 14.0. The van der Waals surface area contributed by atoms with E-state index in [4.69, 9.17) is 4.74 Å². The zero-order valence-corrected chi connectivity index (χ0v) is 19.2. The van der Waals surface area contributed by atoms with Gasteiger partial charge in [-0.15, -0.1) is 0 Å². The Labute approximate surface area is 182 Å². The molecule has 2 aromatic carbocycles. The van der Waals surface area contributed by atoms with Gasteiger partial charge in [-0.05, 0) is 74.2 Å². The molecule has 3 rings (SSSR count). The van der Waals surface area contributed by atoms with E-state index in [9.17, 15) is 4.79 Å². The molecule has 0 radical (unpaired) electrons. The normalized spacial score (nSPS) is 16.4. The molecule has 1 heterocycles. The number of carbonyl (C=O) groups excluding carboxylic acids is 1. The van der Waals surface area contributed by atoms with Gasteiger partial charge in [-0.1, -0.05) is 47.1 Å². The van der Waals surface area contributed by atoms with Gasteiger partial charge in [0.25, 0.3) is 0 Å². The summed E-state index contributed by atoms with van der Waals surface area (Å²) >= 11 is 3.48. The second-order valence-corrected chi connectivity index (χ2v) is 8.79. The Balaban J connectivity index is 1.53. The summed E-state index contributed by atoms with van der Waals surface area (Å²) in [6.45, 7) is 7.03. The minimum absolute atomic E-state index is 0.0490. The molecule has 1 amide bonds. The number of piperidine rings is 1. The minimum atomic E-state index is 0.0490. The Hall–Kier alpha value is -1.85. The molecule has 1 saturated heterocycles. The maximum Gasteiger partial charge on any atom is 0.223 e. The smallest absolute Gasteiger partial charge is 0.223 e. The lowest BCUT2D eigenvalue weighted by Crippen LogP contribution is -2.41. The topological polar surface area (TPSA) is 41.6 Å². The van der Waals surface area contributed by atoms with Crippen molar-refractivity contribution in [1.82, 2.24) is 10.2 Å². The first-order valence-corrected chi connectivity index (χ1v) is 11.2. The standard InChI is InChI=1S/C24H31BrN2O2/c1-4-22(20-7-10-23(29-3)17(2)15-20)26-24(28)19-11-13-27(14-12-19)16-18-5-8-21(25)9-6-18/h5-10,15,19,22H,4,11-14,16H2,1-3H3,(H,26,28)/t22-/m1/s1. The first kappa shape index (κ1) is 21.8. The zero-order valence-electron chi connectivity index (χ0n) is 17.6. The SMILES string of the molecule is CC[C@@H](NC(=O)C1CCN(Cc2ccc(Br)cc2)CC1)c1ccc(OC)c(C)c1. The number of hydrogen-bond donors (Lipinski definition) is 1. The Morgan fingerprint density at radius 2 is 1.90 bits per heavy atom. The Morgan fingerprint density at radius 3 is 2.48 bits per heavy atom. The average Bonchev–Trinajstić information content (AvgIpc) is 2.74. The van der Waals surface area contributed by atoms with Crippen LogP contribution in [0.5, 0.6) is 5.75 Å². The molecular formula is C24H31BrN2O2. The molecular weight excluding hydrogens is 428 g/mol. The van der Waals surface area contributed by atoms with E-state index in [-0.39, 0.29) is 17.9 Å². The number of benzene rings is 2.